The van der Waals surface area contributed by atoms with Gasteiger partial charge in [0.15, 0.2) is 0 Å². The minimum absolute atomic E-state index is 0. The summed E-state index contributed by atoms with van der Waals surface area (Å²) in [5.74, 6) is 0. The van der Waals surface area contributed by atoms with E-state index in [1.54, 1.807) is 6.08 Å². The molecule has 0 rings (SSSR count). The molecule has 0 amide bonds. The largest absolute Gasteiger partial charge is 0.269 e. The number of hydrogen-bond donors (Lipinski definition) is 0. The molecule has 0 heterocycles. The smallest absolute Gasteiger partial charge is 0.0708 e. The fourth-order valence-corrected chi connectivity index (χ4v) is 0. The molecule has 0 aromatic carbocycles. The van der Waals surface area contributed by atoms with Crippen LogP contribution in [0.15, 0.2) is 12.7 Å². The molecule has 0 aromatic rings. The molecule has 0 N–H and O–H groups in total. The van der Waals surface area contributed by atoms with Crippen LogP contribution in [0.25, 0.3) is 0 Å². The van der Waals surface area contributed by atoms with Crippen LogP contribution in [0.5, 0.6) is 0 Å². The second-order valence-electron chi connectivity index (χ2n) is 0.524. The molecule has 0 aromatic heterocycles. The highest BCUT2D eigenvalue weighted by atomic mass is 19.0. The second-order valence-corrected chi connectivity index (χ2v) is 0.524. The number of hydrogen-bond acceptors (Lipinski definition) is 0. The molecule has 0 atom stereocenters. The van der Waals surface area contributed by atoms with Crippen molar-refractivity contribution in [3.05, 3.63) is 12.7 Å². The summed E-state index contributed by atoms with van der Waals surface area (Å²) in [6.07, 6.45) is 2.24. The van der Waals surface area contributed by atoms with Crippen LogP contribution in [0.2, 0.25) is 6.32 Å². The minimum Gasteiger partial charge on any atom is -0.269 e. The number of halogens is 3. The Balaban J connectivity index is -0.0000000150. The standard InChI is InChI=1S/C3H5B.3FH/c1-2-3-4;;;/h2H,1,3H2;3*1H. The number of rotatable bonds is 1. The van der Waals surface area contributed by atoms with Crippen LogP contribution in [0, 0.1) is 0 Å². The van der Waals surface area contributed by atoms with Crippen LogP contribution in [-0.2, 0) is 0 Å². The van der Waals surface area contributed by atoms with Crippen LogP contribution >= 0.6 is 0 Å². The van der Waals surface area contributed by atoms with E-state index in [4.69, 9.17) is 7.85 Å². The summed E-state index contributed by atoms with van der Waals surface area (Å²) < 4.78 is 0. The average molecular weight is 112 g/mol. The summed E-state index contributed by atoms with van der Waals surface area (Å²) in [4.78, 5) is 0. The first-order valence-corrected chi connectivity index (χ1v) is 1.22. The highest BCUT2D eigenvalue weighted by Gasteiger charge is 1.46. The highest BCUT2D eigenvalue weighted by molar-refractivity contribution is 6.09. The van der Waals surface area contributed by atoms with E-state index in [9.17, 15) is 0 Å². The van der Waals surface area contributed by atoms with Gasteiger partial charge in [0.25, 0.3) is 0 Å². The lowest BCUT2D eigenvalue weighted by Crippen LogP contribution is -1.47. The molecule has 2 radical (unpaired) electrons. The molecular weight excluding hydrogens is 104 g/mol. The predicted octanol–water partition coefficient (Wildman–Crippen LogP) is 1.22. The zero-order valence-corrected chi connectivity index (χ0v) is 3.79. The molecule has 0 bridgehead atoms. The fourth-order valence-electron chi connectivity index (χ4n) is 0. The third-order valence-corrected chi connectivity index (χ3v) is 0.167. The van der Waals surface area contributed by atoms with Gasteiger partial charge >= 0.3 is 0 Å². The fraction of sp³-hybridized carbons (Fsp3) is 0.333. The van der Waals surface area contributed by atoms with Gasteiger partial charge in [0.1, 0.15) is 0 Å². The molecule has 0 aliphatic rings. The van der Waals surface area contributed by atoms with Crippen molar-refractivity contribution in [2.24, 2.45) is 0 Å². The van der Waals surface area contributed by atoms with Crippen molar-refractivity contribution in [3.63, 3.8) is 0 Å². The van der Waals surface area contributed by atoms with Crippen molar-refractivity contribution in [2.75, 3.05) is 0 Å². The van der Waals surface area contributed by atoms with Gasteiger partial charge in [-0.2, -0.15) is 0 Å². The van der Waals surface area contributed by atoms with Crippen LogP contribution in [-0.4, -0.2) is 7.85 Å². The highest BCUT2D eigenvalue weighted by Crippen LogP contribution is 1.61. The quantitative estimate of drug-likeness (QED) is 0.353. The van der Waals surface area contributed by atoms with Gasteiger partial charge in [0.05, 0.1) is 7.85 Å². The zero-order valence-electron chi connectivity index (χ0n) is 3.79. The van der Waals surface area contributed by atoms with E-state index in [0.29, 0.717) is 6.32 Å². The van der Waals surface area contributed by atoms with E-state index in [1.807, 2.05) is 0 Å². The topological polar surface area (TPSA) is 0 Å². The molecule has 4 heteroatoms. The van der Waals surface area contributed by atoms with Crippen molar-refractivity contribution >= 4 is 7.85 Å². The monoisotopic (exact) mass is 112 g/mol. The van der Waals surface area contributed by atoms with E-state index >= 15 is 0 Å². The summed E-state index contributed by atoms with van der Waals surface area (Å²) in [5.41, 5.74) is 0. The molecule has 0 nitrogen and oxygen atoms in total. The van der Waals surface area contributed by atoms with Crippen LogP contribution < -0.4 is 0 Å². The van der Waals surface area contributed by atoms with E-state index in [1.165, 1.54) is 0 Å². The van der Waals surface area contributed by atoms with E-state index in [2.05, 4.69) is 6.58 Å². The predicted molar refractivity (Wildman–Crippen MR) is 28.3 cm³/mol. The lowest BCUT2D eigenvalue weighted by Gasteiger charge is -1.57. The van der Waals surface area contributed by atoms with E-state index in [-0.39, 0.29) is 14.1 Å². The molecule has 0 fully saturated rings. The first-order chi connectivity index (χ1) is 1.91. The maximum Gasteiger partial charge on any atom is 0.0708 e. The Morgan fingerprint density at radius 3 is 1.43 bits per heavy atom. The summed E-state index contributed by atoms with van der Waals surface area (Å²) in [6, 6.07) is 0. The maximum absolute atomic E-state index is 4.91. The third kappa shape index (κ3) is 204. The summed E-state index contributed by atoms with van der Waals surface area (Å²) in [7, 11) is 4.91. The van der Waals surface area contributed by atoms with Gasteiger partial charge in [-0.25, -0.2) is 0 Å². The lowest BCUT2D eigenvalue weighted by molar-refractivity contribution is 1.11. The summed E-state index contributed by atoms with van der Waals surface area (Å²) in [5, 5.41) is 0. The third-order valence-electron chi connectivity index (χ3n) is 0.167. The van der Waals surface area contributed by atoms with Crippen LogP contribution in [0.3, 0.4) is 0 Å². The van der Waals surface area contributed by atoms with Crippen molar-refractivity contribution in [1.29, 1.82) is 0 Å². The Labute approximate surface area is 42.1 Å². The summed E-state index contributed by atoms with van der Waals surface area (Å²) in [6.45, 7) is 3.35. The van der Waals surface area contributed by atoms with E-state index in [0.717, 1.165) is 0 Å². The Hall–Kier alpha value is -0.405. The Morgan fingerprint density at radius 2 is 1.43 bits per heavy atom. The number of allylic oxidation sites excluding steroid dienone is 1. The van der Waals surface area contributed by atoms with Gasteiger partial charge < -0.3 is 0 Å². The van der Waals surface area contributed by atoms with Gasteiger partial charge in [-0.05, 0) is 0 Å². The normalized spacial score (nSPS) is 3.43. The Morgan fingerprint density at radius 1 is 1.29 bits per heavy atom. The molecule has 7 heavy (non-hydrogen) atoms. The first-order valence-electron chi connectivity index (χ1n) is 1.22. The van der Waals surface area contributed by atoms with Gasteiger partial charge in [0.2, 0.25) is 0 Å². The van der Waals surface area contributed by atoms with Crippen molar-refractivity contribution < 1.29 is 14.1 Å². The molecule has 0 aliphatic heterocycles. The Bertz CT molecular complexity index is 24.1. The van der Waals surface area contributed by atoms with Crippen LogP contribution in [0.4, 0.5) is 14.1 Å². The molecule has 0 aliphatic carbocycles. The molecular formula is C3H8BF3. The van der Waals surface area contributed by atoms with Crippen molar-refractivity contribution in [1.82, 2.24) is 0 Å². The average Bonchev–Trinajstić information content (AvgIpc) is 1.37. The lowest BCUT2D eigenvalue weighted by atomic mass is 10.1. The van der Waals surface area contributed by atoms with E-state index < -0.39 is 0 Å². The van der Waals surface area contributed by atoms with Crippen LogP contribution in [0.1, 0.15) is 0 Å². The molecule has 0 spiro atoms. The molecule has 0 saturated carbocycles. The van der Waals surface area contributed by atoms with Gasteiger partial charge in [-0.1, -0.05) is 6.32 Å². The second kappa shape index (κ2) is 46.4. The van der Waals surface area contributed by atoms with Crippen molar-refractivity contribution in [2.45, 2.75) is 6.32 Å². The van der Waals surface area contributed by atoms with Gasteiger partial charge in [-0.3, -0.25) is 14.1 Å². The Kier molecular flexibility index (Phi) is 203. The zero-order chi connectivity index (χ0) is 3.41. The molecule has 0 saturated heterocycles. The summed E-state index contributed by atoms with van der Waals surface area (Å²) >= 11 is 0. The van der Waals surface area contributed by atoms with Crippen molar-refractivity contribution in [3.8, 4) is 0 Å². The minimum atomic E-state index is 0. The first kappa shape index (κ1) is 30.7. The molecule has 0 unspecified atom stereocenters. The SMILES string of the molecule is F.F.F.[B]CC=C. The molecule has 44 valence electrons. The van der Waals surface area contributed by atoms with Gasteiger partial charge in [-0.15, -0.1) is 12.7 Å². The van der Waals surface area contributed by atoms with Gasteiger partial charge in [0, 0.05) is 0 Å². The maximum atomic E-state index is 4.91.